The monoisotopic (exact) mass is 209 g/mol. The summed E-state index contributed by atoms with van der Waals surface area (Å²) in [6, 6.07) is 1.09. The van der Waals surface area contributed by atoms with Crippen LogP contribution in [0.15, 0.2) is 18.5 Å². The predicted molar refractivity (Wildman–Crippen MR) is 53.1 cm³/mol. The van der Waals surface area contributed by atoms with Crippen molar-refractivity contribution in [1.29, 1.82) is 0 Å². The molecule has 0 fully saturated rings. The van der Waals surface area contributed by atoms with Gasteiger partial charge < -0.3 is 0 Å². The maximum atomic E-state index is 12.7. The molecule has 0 aliphatic heterocycles. The van der Waals surface area contributed by atoms with Crippen LogP contribution >= 0.6 is 0 Å². The minimum atomic E-state index is -0.566. The molecule has 15 heavy (non-hydrogen) atoms. The van der Waals surface area contributed by atoms with Gasteiger partial charge in [-0.05, 0) is 12.5 Å². The number of ketones is 2. The van der Waals surface area contributed by atoms with Gasteiger partial charge >= 0.3 is 0 Å². The van der Waals surface area contributed by atoms with Crippen LogP contribution in [0.5, 0.6) is 0 Å². The van der Waals surface area contributed by atoms with E-state index in [9.17, 15) is 14.0 Å². The van der Waals surface area contributed by atoms with Crippen molar-refractivity contribution in [3.05, 3.63) is 29.8 Å². The van der Waals surface area contributed by atoms with Crippen LogP contribution in [0, 0.1) is 5.82 Å². The van der Waals surface area contributed by atoms with E-state index < -0.39 is 5.82 Å². The number of rotatable bonds is 5. The molecule has 1 rings (SSSR count). The molecule has 0 radical (unpaired) electrons. The fourth-order valence-corrected chi connectivity index (χ4v) is 1.21. The third-order valence-electron chi connectivity index (χ3n) is 1.91. The molecule has 0 amide bonds. The second-order valence-electron chi connectivity index (χ2n) is 3.28. The molecule has 0 atom stereocenters. The minimum absolute atomic E-state index is 0.119. The van der Waals surface area contributed by atoms with Crippen LogP contribution < -0.4 is 0 Å². The van der Waals surface area contributed by atoms with E-state index >= 15 is 0 Å². The molecule has 80 valence electrons. The minimum Gasteiger partial charge on any atom is -0.299 e. The molecule has 4 heteroatoms. The molecule has 0 aliphatic carbocycles. The van der Waals surface area contributed by atoms with Crippen molar-refractivity contribution >= 4 is 11.6 Å². The average Bonchev–Trinajstić information content (AvgIpc) is 2.18. The summed E-state index contributed by atoms with van der Waals surface area (Å²) in [5.74, 6) is -1.06. The Kier molecular flexibility index (Phi) is 4.09. The third-order valence-corrected chi connectivity index (χ3v) is 1.91. The summed E-state index contributed by atoms with van der Waals surface area (Å²) in [5.41, 5.74) is 0.152. The van der Waals surface area contributed by atoms with Crippen LogP contribution in [0.4, 0.5) is 4.39 Å². The average molecular weight is 209 g/mol. The Balaban J connectivity index is 2.65. The molecule has 3 nitrogen and oxygen atoms in total. The van der Waals surface area contributed by atoms with E-state index in [0.29, 0.717) is 12.8 Å². The van der Waals surface area contributed by atoms with Crippen molar-refractivity contribution in [2.45, 2.75) is 26.2 Å². The zero-order valence-electron chi connectivity index (χ0n) is 8.50. The zero-order valence-corrected chi connectivity index (χ0v) is 8.50. The number of nitrogens with zero attached hydrogens (tertiary/aromatic N) is 1. The lowest BCUT2D eigenvalue weighted by atomic mass is 10.1. The summed E-state index contributed by atoms with van der Waals surface area (Å²) in [7, 11) is 0. The first kappa shape index (κ1) is 11.5. The predicted octanol–water partition coefficient (Wildman–Crippen LogP) is 2.16. The second kappa shape index (κ2) is 5.34. The Bertz CT molecular complexity index is 377. The molecular weight excluding hydrogens is 197 g/mol. The highest BCUT2D eigenvalue weighted by Gasteiger charge is 2.11. The lowest BCUT2D eigenvalue weighted by Gasteiger charge is -1.99. The van der Waals surface area contributed by atoms with Gasteiger partial charge in [0.1, 0.15) is 11.6 Å². The highest BCUT2D eigenvalue weighted by atomic mass is 19.1. The molecule has 0 spiro atoms. The van der Waals surface area contributed by atoms with E-state index in [0.717, 1.165) is 12.3 Å². The lowest BCUT2D eigenvalue weighted by Crippen LogP contribution is -2.08. The van der Waals surface area contributed by atoms with Gasteiger partial charge in [-0.15, -0.1) is 0 Å². The fourth-order valence-electron chi connectivity index (χ4n) is 1.21. The third kappa shape index (κ3) is 3.58. The van der Waals surface area contributed by atoms with E-state index in [1.165, 1.54) is 6.20 Å². The Morgan fingerprint density at radius 2 is 2.13 bits per heavy atom. The van der Waals surface area contributed by atoms with Crippen LogP contribution in [-0.2, 0) is 4.79 Å². The van der Waals surface area contributed by atoms with E-state index in [1.807, 2.05) is 6.92 Å². The first-order chi connectivity index (χ1) is 7.13. The van der Waals surface area contributed by atoms with E-state index in [-0.39, 0.29) is 23.6 Å². The highest BCUT2D eigenvalue weighted by molar-refractivity contribution is 6.07. The molecule has 1 aromatic heterocycles. The van der Waals surface area contributed by atoms with Gasteiger partial charge in [0.15, 0.2) is 5.78 Å². The van der Waals surface area contributed by atoms with Crippen LogP contribution in [0.1, 0.15) is 36.5 Å². The summed E-state index contributed by atoms with van der Waals surface area (Å²) < 4.78 is 12.7. The topological polar surface area (TPSA) is 47.0 Å². The van der Waals surface area contributed by atoms with Crippen molar-refractivity contribution in [3.63, 3.8) is 0 Å². The van der Waals surface area contributed by atoms with Crippen LogP contribution in [0.2, 0.25) is 0 Å². The Labute approximate surface area is 87.3 Å². The van der Waals surface area contributed by atoms with Gasteiger partial charge in [-0.2, -0.15) is 0 Å². The molecule has 0 aliphatic rings. The normalized spacial score (nSPS) is 10.0. The largest absolute Gasteiger partial charge is 0.299 e. The van der Waals surface area contributed by atoms with Gasteiger partial charge in [-0.1, -0.05) is 6.92 Å². The number of carbonyl (C=O) groups excluding carboxylic acids is 2. The van der Waals surface area contributed by atoms with Gasteiger partial charge in [0.2, 0.25) is 0 Å². The SMILES string of the molecule is CCCC(=O)CC(=O)c1cncc(F)c1. The van der Waals surface area contributed by atoms with Crippen molar-refractivity contribution < 1.29 is 14.0 Å². The summed E-state index contributed by atoms with van der Waals surface area (Å²) >= 11 is 0. The standard InChI is InChI=1S/C11H12FNO2/c1-2-3-10(14)5-11(15)8-4-9(12)7-13-6-8/h4,6-7H,2-3,5H2,1H3. The number of carbonyl (C=O) groups is 2. The van der Waals surface area contributed by atoms with Crippen molar-refractivity contribution in [1.82, 2.24) is 4.98 Å². The van der Waals surface area contributed by atoms with Gasteiger partial charge in [0.05, 0.1) is 12.6 Å². The molecule has 0 unspecified atom stereocenters. The molecule has 0 saturated heterocycles. The van der Waals surface area contributed by atoms with Gasteiger partial charge in [0.25, 0.3) is 0 Å². The Morgan fingerprint density at radius 3 is 2.73 bits per heavy atom. The maximum absolute atomic E-state index is 12.7. The summed E-state index contributed by atoms with van der Waals surface area (Å²) in [6.07, 6.45) is 3.22. The quantitative estimate of drug-likeness (QED) is 0.551. The summed E-state index contributed by atoms with van der Waals surface area (Å²) in [6.45, 7) is 1.87. The first-order valence-electron chi connectivity index (χ1n) is 4.79. The Hall–Kier alpha value is -1.58. The number of hydrogen-bond donors (Lipinski definition) is 0. The highest BCUT2D eigenvalue weighted by Crippen LogP contribution is 2.06. The van der Waals surface area contributed by atoms with Crippen molar-refractivity contribution in [3.8, 4) is 0 Å². The van der Waals surface area contributed by atoms with Crippen LogP contribution in [0.3, 0.4) is 0 Å². The molecule has 0 aromatic carbocycles. The first-order valence-corrected chi connectivity index (χ1v) is 4.79. The van der Waals surface area contributed by atoms with Gasteiger partial charge in [-0.3, -0.25) is 14.6 Å². The van der Waals surface area contributed by atoms with Gasteiger partial charge in [-0.25, -0.2) is 4.39 Å². The smallest absolute Gasteiger partial charge is 0.171 e. The number of aromatic nitrogens is 1. The number of halogens is 1. The van der Waals surface area contributed by atoms with Crippen LogP contribution in [0.25, 0.3) is 0 Å². The number of pyridine rings is 1. The van der Waals surface area contributed by atoms with E-state index in [4.69, 9.17) is 0 Å². The molecule has 0 saturated carbocycles. The maximum Gasteiger partial charge on any atom is 0.171 e. The van der Waals surface area contributed by atoms with Gasteiger partial charge in [0, 0.05) is 18.2 Å². The molecule has 1 heterocycles. The number of Topliss-reactive ketones (excluding diaryl/α,β-unsaturated/α-hetero) is 2. The van der Waals surface area contributed by atoms with Crippen LogP contribution in [-0.4, -0.2) is 16.6 Å². The van der Waals surface area contributed by atoms with Crippen molar-refractivity contribution in [2.75, 3.05) is 0 Å². The molecule has 0 bridgehead atoms. The lowest BCUT2D eigenvalue weighted by molar-refractivity contribution is -0.118. The Morgan fingerprint density at radius 1 is 1.40 bits per heavy atom. The summed E-state index contributed by atoms with van der Waals surface area (Å²) in [4.78, 5) is 26.2. The summed E-state index contributed by atoms with van der Waals surface area (Å²) in [5, 5.41) is 0. The fraction of sp³-hybridized carbons (Fsp3) is 0.364. The van der Waals surface area contributed by atoms with E-state index in [2.05, 4.69) is 4.98 Å². The molecule has 0 N–H and O–H groups in total. The molecular formula is C11H12FNO2. The number of hydrogen-bond acceptors (Lipinski definition) is 3. The van der Waals surface area contributed by atoms with Crippen molar-refractivity contribution in [2.24, 2.45) is 0 Å². The van der Waals surface area contributed by atoms with E-state index in [1.54, 1.807) is 0 Å². The second-order valence-corrected chi connectivity index (χ2v) is 3.28. The molecule has 1 aromatic rings. The zero-order chi connectivity index (χ0) is 11.3.